The van der Waals surface area contributed by atoms with Crippen LogP contribution >= 0.6 is 0 Å². The molecule has 1 N–H and O–H groups in total. The zero-order valence-corrected chi connectivity index (χ0v) is 10.6. The van der Waals surface area contributed by atoms with Crippen LogP contribution in [0.1, 0.15) is 51.4 Å². The van der Waals surface area contributed by atoms with Crippen molar-refractivity contribution in [2.75, 3.05) is 0 Å². The zero-order valence-electron chi connectivity index (χ0n) is 9.78. The first-order valence-electron chi connectivity index (χ1n) is 6.91. The predicted octanol–water partition coefficient (Wildman–Crippen LogP) is 2.37. The third-order valence-corrected chi connectivity index (χ3v) is 7.06. The first-order chi connectivity index (χ1) is 7.73. The average Bonchev–Trinajstić information content (AvgIpc) is 2.99. The monoisotopic (exact) mass is 239 g/mol. The summed E-state index contributed by atoms with van der Waals surface area (Å²) in [4.78, 5) is 0. The summed E-state index contributed by atoms with van der Waals surface area (Å²) in [5, 5.41) is 0. The van der Waals surface area contributed by atoms with Crippen LogP contribution in [0.3, 0.4) is 0 Å². The Labute approximate surface area is 100 Å². The Balaban J connectivity index is 1.58. The third-order valence-electron chi connectivity index (χ3n) is 5.23. The lowest BCUT2D eigenvalue weighted by Crippen LogP contribution is -2.55. The molecule has 0 aromatic rings. The fraction of sp³-hybridized carbons (Fsp3) is 1.00. The van der Waals surface area contributed by atoms with Gasteiger partial charge in [0, 0.05) is 6.04 Å². The van der Waals surface area contributed by atoms with Crippen molar-refractivity contribution in [1.29, 1.82) is 0 Å². The lowest BCUT2D eigenvalue weighted by atomic mass is 9.56. The second-order valence-electron chi connectivity index (χ2n) is 6.76. The van der Waals surface area contributed by atoms with Gasteiger partial charge in [-0.2, -0.15) is 0 Å². The Morgan fingerprint density at radius 1 is 0.938 bits per heavy atom. The van der Waals surface area contributed by atoms with Gasteiger partial charge in [-0.3, -0.25) is 0 Å². The van der Waals surface area contributed by atoms with E-state index < -0.39 is 11.0 Å². The van der Waals surface area contributed by atoms with Gasteiger partial charge in [0.25, 0.3) is 0 Å². The summed E-state index contributed by atoms with van der Waals surface area (Å²) < 4.78 is 16.1. The summed E-state index contributed by atoms with van der Waals surface area (Å²) in [5.74, 6) is 2.74. The molecule has 90 valence electrons. The molecule has 5 aliphatic carbocycles. The van der Waals surface area contributed by atoms with Gasteiger partial charge in [-0.1, -0.05) is 0 Å². The molecule has 5 fully saturated rings. The van der Waals surface area contributed by atoms with Gasteiger partial charge in [-0.15, -0.1) is 0 Å². The maximum atomic E-state index is 12.5. The van der Waals surface area contributed by atoms with E-state index in [1.54, 1.807) is 0 Å². The lowest BCUT2D eigenvalue weighted by Gasteiger charge is -2.55. The van der Waals surface area contributed by atoms with E-state index in [0.717, 1.165) is 17.8 Å². The van der Waals surface area contributed by atoms with E-state index >= 15 is 0 Å². The van der Waals surface area contributed by atoms with E-state index in [1.807, 2.05) is 0 Å². The number of rotatable bonds is 3. The molecule has 0 aromatic heterocycles. The van der Waals surface area contributed by atoms with Crippen molar-refractivity contribution >= 4 is 11.0 Å². The average molecular weight is 239 g/mol. The quantitative estimate of drug-likeness (QED) is 0.805. The predicted molar refractivity (Wildman–Crippen MR) is 65.2 cm³/mol. The molecule has 16 heavy (non-hydrogen) atoms. The minimum Gasteiger partial charge on any atom is -0.242 e. The highest BCUT2D eigenvalue weighted by atomic mass is 32.2. The Morgan fingerprint density at radius 2 is 1.44 bits per heavy atom. The molecule has 0 amide bonds. The molecule has 5 aliphatic rings. The molecule has 0 saturated heterocycles. The first-order valence-corrected chi connectivity index (χ1v) is 8.06. The van der Waals surface area contributed by atoms with E-state index in [9.17, 15) is 4.21 Å². The van der Waals surface area contributed by atoms with E-state index in [0.29, 0.717) is 6.04 Å². The fourth-order valence-electron chi connectivity index (χ4n) is 4.74. The molecule has 3 heteroatoms. The summed E-state index contributed by atoms with van der Waals surface area (Å²) >= 11 is 0. The first kappa shape index (κ1) is 10.1. The van der Waals surface area contributed by atoms with E-state index in [2.05, 4.69) is 4.72 Å². The van der Waals surface area contributed by atoms with E-state index in [1.165, 1.54) is 51.4 Å². The fourth-order valence-corrected chi connectivity index (χ4v) is 6.69. The number of hydrogen-bond acceptors (Lipinski definition) is 1. The van der Waals surface area contributed by atoms with Gasteiger partial charge in [-0.25, -0.2) is 8.93 Å². The smallest absolute Gasteiger partial charge is 0.0981 e. The normalized spacial score (nSPS) is 51.9. The van der Waals surface area contributed by atoms with Crippen molar-refractivity contribution in [3.63, 3.8) is 0 Å². The van der Waals surface area contributed by atoms with Crippen LogP contribution in [-0.4, -0.2) is 15.0 Å². The van der Waals surface area contributed by atoms with Crippen LogP contribution in [0.5, 0.6) is 0 Å². The molecule has 0 spiro atoms. The van der Waals surface area contributed by atoms with Crippen LogP contribution in [0, 0.1) is 17.8 Å². The Hall–Kier alpha value is 0.110. The van der Waals surface area contributed by atoms with Crippen LogP contribution in [0.15, 0.2) is 0 Å². The second kappa shape index (κ2) is 3.32. The van der Waals surface area contributed by atoms with Crippen LogP contribution in [0.25, 0.3) is 0 Å². The third kappa shape index (κ3) is 1.51. The standard InChI is InChI=1S/C13H21NOS/c15-16(14-12-1-2-12)13-6-9-3-10(7-13)5-11(4-9)8-13/h9-12,14H,1-8H2/t9?,10?,11?,13?,16-/m0/s1. The minimum absolute atomic E-state index is 0.192. The van der Waals surface area contributed by atoms with Crippen molar-refractivity contribution in [3.8, 4) is 0 Å². The van der Waals surface area contributed by atoms with Crippen molar-refractivity contribution in [2.45, 2.75) is 62.2 Å². The van der Waals surface area contributed by atoms with Gasteiger partial charge in [0.15, 0.2) is 0 Å². The molecule has 0 aliphatic heterocycles. The molecule has 5 saturated carbocycles. The van der Waals surface area contributed by atoms with Gasteiger partial charge >= 0.3 is 0 Å². The maximum Gasteiger partial charge on any atom is 0.0981 e. The minimum atomic E-state index is -0.742. The van der Waals surface area contributed by atoms with Crippen LogP contribution in [0.4, 0.5) is 0 Å². The molecular weight excluding hydrogens is 218 g/mol. The molecule has 1 atom stereocenters. The zero-order chi connectivity index (χ0) is 10.8. The van der Waals surface area contributed by atoms with Gasteiger partial charge in [0.2, 0.25) is 0 Å². The van der Waals surface area contributed by atoms with Crippen LogP contribution in [0.2, 0.25) is 0 Å². The van der Waals surface area contributed by atoms with Gasteiger partial charge in [0.1, 0.15) is 0 Å². The Bertz CT molecular complexity index is 302. The van der Waals surface area contributed by atoms with Crippen molar-refractivity contribution in [1.82, 2.24) is 4.72 Å². The molecule has 0 unspecified atom stereocenters. The summed E-state index contributed by atoms with van der Waals surface area (Å²) in [5.41, 5.74) is 0. The largest absolute Gasteiger partial charge is 0.242 e. The van der Waals surface area contributed by atoms with Crippen LogP contribution in [-0.2, 0) is 11.0 Å². The lowest BCUT2D eigenvalue weighted by molar-refractivity contribution is 0.0356. The highest BCUT2D eigenvalue weighted by Crippen LogP contribution is 2.57. The molecule has 2 nitrogen and oxygen atoms in total. The summed E-state index contributed by atoms with van der Waals surface area (Å²) in [6.07, 6.45) is 10.6. The van der Waals surface area contributed by atoms with E-state index in [4.69, 9.17) is 0 Å². The summed E-state index contributed by atoms with van der Waals surface area (Å²) in [7, 11) is -0.742. The van der Waals surface area contributed by atoms with Gasteiger partial charge in [0.05, 0.1) is 15.7 Å². The molecule has 0 heterocycles. The summed E-state index contributed by atoms with van der Waals surface area (Å²) in [6, 6.07) is 0.592. The Morgan fingerprint density at radius 3 is 1.88 bits per heavy atom. The number of nitrogens with one attached hydrogen (secondary N) is 1. The SMILES string of the molecule is O=[S@](NC1CC1)C12CC3CC(CC(C3)C1)C2. The maximum absolute atomic E-state index is 12.5. The molecule has 5 rings (SSSR count). The topological polar surface area (TPSA) is 29.1 Å². The second-order valence-corrected chi connectivity index (χ2v) is 8.40. The molecular formula is C13H21NOS. The Kier molecular flexibility index (Phi) is 2.09. The van der Waals surface area contributed by atoms with Crippen molar-refractivity contribution < 1.29 is 4.21 Å². The highest BCUT2D eigenvalue weighted by Gasteiger charge is 2.54. The molecule has 0 radical (unpaired) electrons. The van der Waals surface area contributed by atoms with E-state index in [-0.39, 0.29) is 4.75 Å². The highest BCUT2D eigenvalue weighted by molar-refractivity contribution is 7.84. The van der Waals surface area contributed by atoms with Crippen LogP contribution < -0.4 is 4.72 Å². The molecule has 4 bridgehead atoms. The number of hydrogen-bond donors (Lipinski definition) is 1. The molecule has 0 aromatic carbocycles. The van der Waals surface area contributed by atoms with Crippen molar-refractivity contribution in [3.05, 3.63) is 0 Å². The summed E-state index contributed by atoms with van der Waals surface area (Å²) in [6.45, 7) is 0. The van der Waals surface area contributed by atoms with Crippen molar-refractivity contribution in [2.24, 2.45) is 17.8 Å². The van der Waals surface area contributed by atoms with Gasteiger partial charge in [-0.05, 0) is 69.1 Å². The van der Waals surface area contributed by atoms with Gasteiger partial charge < -0.3 is 0 Å².